The van der Waals surface area contributed by atoms with Crippen molar-refractivity contribution in [3.63, 3.8) is 0 Å². The van der Waals surface area contributed by atoms with Crippen molar-refractivity contribution in [3.05, 3.63) is 33.3 Å². The number of H-pyrrole nitrogens is 2. The summed E-state index contributed by atoms with van der Waals surface area (Å²) in [6.07, 6.45) is 0. The number of fused-ring (bicyclic) bond motifs is 1. The van der Waals surface area contributed by atoms with Gasteiger partial charge in [-0.1, -0.05) is 0 Å². The molecule has 1 aliphatic rings. The van der Waals surface area contributed by atoms with Crippen molar-refractivity contribution in [1.29, 1.82) is 0 Å². The molecule has 0 radical (unpaired) electrons. The van der Waals surface area contributed by atoms with Crippen molar-refractivity contribution in [2.75, 3.05) is 13.2 Å². The fourth-order valence-corrected chi connectivity index (χ4v) is 1.87. The van der Waals surface area contributed by atoms with Crippen LogP contribution in [0, 0.1) is 4.77 Å². The minimum absolute atomic E-state index is 0.196. The zero-order valence-corrected chi connectivity index (χ0v) is 10.0. The van der Waals surface area contributed by atoms with E-state index in [1.807, 2.05) is 0 Å². The van der Waals surface area contributed by atoms with Gasteiger partial charge in [-0.25, -0.2) is 0 Å². The number of hydrogen-bond donors (Lipinski definition) is 2. The van der Waals surface area contributed by atoms with E-state index in [2.05, 4.69) is 15.2 Å². The lowest BCUT2D eigenvalue weighted by atomic mass is 10.1. The molecular formula is C11H9N3O3S. The topological polar surface area (TPSA) is 80.0 Å². The fourth-order valence-electron chi connectivity index (χ4n) is 1.73. The Morgan fingerprint density at radius 1 is 1.22 bits per heavy atom. The van der Waals surface area contributed by atoms with Gasteiger partial charge in [-0.05, 0) is 30.4 Å². The van der Waals surface area contributed by atoms with Gasteiger partial charge in [-0.15, -0.1) is 0 Å². The predicted molar refractivity (Wildman–Crippen MR) is 66.5 cm³/mol. The van der Waals surface area contributed by atoms with Crippen LogP contribution in [0.25, 0.3) is 11.3 Å². The average molecular weight is 263 g/mol. The molecule has 6 nitrogen and oxygen atoms in total. The van der Waals surface area contributed by atoms with E-state index in [-0.39, 0.29) is 16.0 Å². The highest BCUT2D eigenvalue weighted by Crippen LogP contribution is 2.32. The lowest BCUT2D eigenvalue weighted by Gasteiger charge is -2.18. The smallest absolute Gasteiger partial charge is 0.278 e. The quantitative estimate of drug-likeness (QED) is 0.757. The summed E-state index contributed by atoms with van der Waals surface area (Å²) in [5, 5.41) is 6.48. The summed E-state index contributed by atoms with van der Waals surface area (Å²) in [7, 11) is 0. The first-order chi connectivity index (χ1) is 8.74. The molecule has 92 valence electrons. The Kier molecular flexibility index (Phi) is 2.60. The Labute approximate surface area is 107 Å². The van der Waals surface area contributed by atoms with Gasteiger partial charge in [-0.3, -0.25) is 14.9 Å². The molecule has 0 aliphatic carbocycles. The molecule has 2 N–H and O–H groups in total. The molecular weight excluding hydrogens is 254 g/mol. The first-order valence-electron chi connectivity index (χ1n) is 5.33. The molecule has 2 aromatic rings. The standard InChI is InChI=1S/C11H9N3O3S/c15-10-9(13-14-11(18)12-10)6-1-2-7-8(5-6)17-4-3-16-7/h1-2,5H,3-4H2,(H2,12,14,15,18). The van der Waals surface area contributed by atoms with E-state index < -0.39 is 0 Å². The molecule has 0 saturated heterocycles. The largest absolute Gasteiger partial charge is 0.486 e. The van der Waals surface area contributed by atoms with Gasteiger partial charge >= 0.3 is 0 Å². The lowest BCUT2D eigenvalue weighted by molar-refractivity contribution is 0.171. The van der Waals surface area contributed by atoms with Gasteiger partial charge in [0.1, 0.15) is 13.2 Å². The number of benzene rings is 1. The van der Waals surface area contributed by atoms with Crippen LogP contribution in [-0.4, -0.2) is 28.4 Å². The van der Waals surface area contributed by atoms with Crippen LogP contribution in [0.15, 0.2) is 23.0 Å². The van der Waals surface area contributed by atoms with Crippen molar-refractivity contribution >= 4 is 12.2 Å². The van der Waals surface area contributed by atoms with E-state index in [9.17, 15) is 4.79 Å². The molecule has 1 aliphatic heterocycles. The minimum Gasteiger partial charge on any atom is -0.486 e. The van der Waals surface area contributed by atoms with E-state index in [1.54, 1.807) is 18.2 Å². The van der Waals surface area contributed by atoms with Crippen LogP contribution in [0.1, 0.15) is 0 Å². The maximum atomic E-state index is 11.7. The molecule has 18 heavy (non-hydrogen) atoms. The monoisotopic (exact) mass is 263 g/mol. The molecule has 0 unspecified atom stereocenters. The minimum atomic E-state index is -0.338. The van der Waals surface area contributed by atoms with E-state index in [0.717, 1.165) is 0 Å². The van der Waals surface area contributed by atoms with Crippen LogP contribution < -0.4 is 15.0 Å². The van der Waals surface area contributed by atoms with Crippen LogP contribution in [0.2, 0.25) is 0 Å². The van der Waals surface area contributed by atoms with Gasteiger partial charge in [0.15, 0.2) is 22.0 Å². The summed E-state index contributed by atoms with van der Waals surface area (Å²) >= 11 is 4.79. The Morgan fingerprint density at radius 2 is 2.00 bits per heavy atom. The van der Waals surface area contributed by atoms with Crippen molar-refractivity contribution in [2.24, 2.45) is 0 Å². The molecule has 2 heterocycles. The SMILES string of the molecule is O=c1[nH]c(=S)[nH]nc1-c1ccc2c(c1)OCCO2. The summed E-state index contributed by atoms with van der Waals surface area (Å²) < 4.78 is 11.1. The Balaban J connectivity index is 2.12. The number of nitrogens with zero attached hydrogens (tertiary/aromatic N) is 1. The number of aromatic nitrogens is 3. The average Bonchev–Trinajstić information content (AvgIpc) is 2.38. The van der Waals surface area contributed by atoms with Crippen LogP contribution >= 0.6 is 12.2 Å². The summed E-state index contributed by atoms with van der Waals surface area (Å²) in [5.41, 5.74) is 0.572. The van der Waals surface area contributed by atoms with Crippen LogP contribution in [-0.2, 0) is 0 Å². The third-order valence-electron chi connectivity index (χ3n) is 2.53. The molecule has 0 fully saturated rings. The molecule has 3 rings (SSSR count). The maximum absolute atomic E-state index is 11.7. The summed E-state index contributed by atoms with van der Waals surface area (Å²) in [4.78, 5) is 14.2. The second kappa shape index (κ2) is 4.26. The normalized spacial score (nSPS) is 13.3. The van der Waals surface area contributed by atoms with Crippen LogP contribution in [0.3, 0.4) is 0 Å². The maximum Gasteiger partial charge on any atom is 0.278 e. The fraction of sp³-hybridized carbons (Fsp3) is 0.182. The molecule has 0 spiro atoms. The highest BCUT2D eigenvalue weighted by Gasteiger charge is 2.14. The van der Waals surface area contributed by atoms with Gasteiger partial charge < -0.3 is 9.47 Å². The van der Waals surface area contributed by atoms with Gasteiger partial charge in [0, 0.05) is 5.56 Å². The van der Waals surface area contributed by atoms with E-state index >= 15 is 0 Å². The molecule has 1 aromatic carbocycles. The second-order valence-electron chi connectivity index (χ2n) is 3.71. The van der Waals surface area contributed by atoms with Crippen molar-refractivity contribution < 1.29 is 9.47 Å². The van der Waals surface area contributed by atoms with Crippen molar-refractivity contribution in [2.45, 2.75) is 0 Å². The van der Waals surface area contributed by atoms with Crippen molar-refractivity contribution in [1.82, 2.24) is 15.2 Å². The first-order valence-corrected chi connectivity index (χ1v) is 5.74. The summed E-state index contributed by atoms with van der Waals surface area (Å²) in [6, 6.07) is 5.23. The number of nitrogens with one attached hydrogen (secondary N) is 2. The van der Waals surface area contributed by atoms with Gasteiger partial charge in [0.05, 0.1) is 0 Å². The molecule has 1 aromatic heterocycles. The van der Waals surface area contributed by atoms with E-state index in [4.69, 9.17) is 21.7 Å². The van der Waals surface area contributed by atoms with Gasteiger partial charge in [-0.2, -0.15) is 5.10 Å². The number of rotatable bonds is 1. The predicted octanol–water partition coefficient (Wildman–Crippen LogP) is 1.27. The van der Waals surface area contributed by atoms with Crippen molar-refractivity contribution in [3.8, 4) is 22.8 Å². The molecule has 0 amide bonds. The second-order valence-corrected chi connectivity index (χ2v) is 4.12. The Bertz CT molecular complexity index is 707. The number of hydrogen-bond acceptors (Lipinski definition) is 5. The van der Waals surface area contributed by atoms with Gasteiger partial charge in [0.2, 0.25) is 0 Å². The summed E-state index contributed by atoms with van der Waals surface area (Å²) in [5.74, 6) is 1.28. The van der Waals surface area contributed by atoms with E-state index in [1.165, 1.54) is 0 Å². The molecule has 7 heteroatoms. The zero-order valence-electron chi connectivity index (χ0n) is 9.23. The highest BCUT2D eigenvalue weighted by molar-refractivity contribution is 7.71. The molecule has 0 saturated carbocycles. The summed E-state index contributed by atoms with van der Waals surface area (Å²) in [6.45, 7) is 1.03. The number of aromatic amines is 2. The Hall–Kier alpha value is -2.15. The lowest BCUT2D eigenvalue weighted by Crippen LogP contribution is -2.16. The number of ether oxygens (including phenoxy) is 2. The Morgan fingerprint density at radius 3 is 2.78 bits per heavy atom. The first kappa shape index (κ1) is 11.0. The van der Waals surface area contributed by atoms with Crippen LogP contribution in [0.5, 0.6) is 11.5 Å². The third kappa shape index (κ3) is 1.88. The van der Waals surface area contributed by atoms with Gasteiger partial charge in [0.25, 0.3) is 5.56 Å². The molecule has 0 bridgehead atoms. The highest BCUT2D eigenvalue weighted by atomic mass is 32.1. The molecule has 0 atom stereocenters. The third-order valence-corrected chi connectivity index (χ3v) is 2.72. The van der Waals surface area contributed by atoms with Crippen LogP contribution in [0.4, 0.5) is 0 Å². The van der Waals surface area contributed by atoms with E-state index in [0.29, 0.717) is 30.3 Å². The zero-order chi connectivity index (χ0) is 12.5.